The number of carbonyl (C=O) groups is 1. The normalized spacial score (nSPS) is 11.8. The molecule has 2 heterocycles. The lowest BCUT2D eigenvalue weighted by atomic mass is 10.1. The van der Waals surface area contributed by atoms with E-state index in [-0.39, 0.29) is 24.1 Å². The van der Waals surface area contributed by atoms with Crippen molar-refractivity contribution in [3.63, 3.8) is 0 Å². The number of hydrogen-bond donors (Lipinski definition) is 3. The summed E-state index contributed by atoms with van der Waals surface area (Å²) in [5.74, 6) is 0.402. The molecule has 7 nitrogen and oxygen atoms in total. The van der Waals surface area contributed by atoms with Crippen LogP contribution in [0.4, 0.5) is 5.69 Å². The Hall–Kier alpha value is -2.81. The first-order chi connectivity index (χ1) is 14.5. The minimum absolute atomic E-state index is 0. The quantitative estimate of drug-likeness (QED) is 0.351. The van der Waals surface area contributed by atoms with Crippen LogP contribution in [0.1, 0.15) is 28.6 Å². The molecule has 0 radical (unpaired) electrons. The summed E-state index contributed by atoms with van der Waals surface area (Å²) >= 11 is 1.19. The standard InChI is InChI=1S/C22H23N5O2S.ClH/c1-13-7-8-18(14(2)9-13)25-20(28)12-30-22-27-26-21(29-22)17(23)10-15-11-24-19-6-4-3-5-16(15)19;/h3-9,11,17,24H,10,12,23H2,1-2H3,(H,25,28);1H/t17-;/m1./s1. The number of rotatable bonds is 7. The van der Waals surface area contributed by atoms with Gasteiger partial charge in [0.1, 0.15) is 0 Å². The molecule has 162 valence electrons. The van der Waals surface area contributed by atoms with Crippen molar-refractivity contribution in [3.05, 3.63) is 71.2 Å². The Morgan fingerprint density at radius 3 is 2.84 bits per heavy atom. The molecule has 0 bridgehead atoms. The Bertz CT molecular complexity index is 1190. The van der Waals surface area contributed by atoms with Crippen LogP contribution in [0.3, 0.4) is 0 Å². The molecule has 4 rings (SSSR count). The predicted octanol–water partition coefficient (Wildman–Crippen LogP) is 4.56. The monoisotopic (exact) mass is 457 g/mol. The lowest BCUT2D eigenvalue weighted by Crippen LogP contribution is -2.14. The third kappa shape index (κ3) is 5.46. The molecule has 9 heteroatoms. The molecule has 0 fully saturated rings. The van der Waals surface area contributed by atoms with Crippen LogP contribution in [0.5, 0.6) is 0 Å². The number of H-pyrrole nitrogens is 1. The first kappa shape index (κ1) is 22.9. The van der Waals surface area contributed by atoms with E-state index in [9.17, 15) is 4.79 Å². The van der Waals surface area contributed by atoms with Gasteiger partial charge in [-0.2, -0.15) is 0 Å². The van der Waals surface area contributed by atoms with Crippen LogP contribution in [0.2, 0.25) is 0 Å². The molecule has 1 atom stereocenters. The summed E-state index contributed by atoms with van der Waals surface area (Å²) in [7, 11) is 0. The molecule has 4 aromatic rings. The zero-order valence-electron chi connectivity index (χ0n) is 17.2. The number of nitrogens with one attached hydrogen (secondary N) is 2. The van der Waals surface area contributed by atoms with E-state index in [0.717, 1.165) is 33.3 Å². The molecule has 0 saturated heterocycles. The van der Waals surface area contributed by atoms with Crippen molar-refractivity contribution in [2.24, 2.45) is 5.73 Å². The van der Waals surface area contributed by atoms with E-state index in [1.54, 1.807) is 0 Å². The van der Waals surface area contributed by atoms with Crippen molar-refractivity contribution in [3.8, 4) is 0 Å². The van der Waals surface area contributed by atoms with Gasteiger partial charge >= 0.3 is 0 Å². The van der Waals surface area contributed by atoms with Crippen molar-refractivity contribution in [1.82, 2.24) is 15.2 Å². The van der Waals surface area contributed by atoms with E-state index < -0.39 is 6.04 Å². The van der Waals surface area contributed by atoms with Crippen LogP contribution in [-0.4, -0.2) is 26.8 Å². The number of aromatic nitrogens is 3. The van der Waals surface area contributed by atoms with Gasteiger partial charge in [-0.05, 0) is 43.5 Å². The molecule has 0 saturated carbocycles. The first-order valence-corrected chi connectivity index (χ1v) is 10.6. The fraction of sp³-hybridized carbons (Fsp3) is 0.227. The molecule has 0 spiro atoms. The molecule has 1 amide bonds. The number of nitrogens with zero attached hydrogens (tertiary/aromatic N) is 2. The SMILES string of the molecule is Cc1ccc(NC(=O)CSc2nnc([C@H](N)Cc3c[nH]c4ccccc34)o2)c(C)c1.Cl. The zero-order chi connectivity index (χ0) is 21.1. The minimum Gasteiger partial charge on any atom is -0.414 e. The number of thioether (sulfide) groups is 1. The second-order valence-corrected chi connectivity index (χ2v) is 8.16. The van der Waals surface area contributed by atoms with Gasteiger partial charge in [0.05, 0.1) is 11.8 Å². The average molecular weight is 458 g/mol. The zero-order valence-corrected chi connectivity index (χ0v) is 18.8. The van der Waals surface area contributed by atoms with Crippen molar-refractivity contribution < 1.29 is 9.21 Å². The summed E-state index contributed by atoms with van der Waals surface area (Å²) in [5, 5.41) is 12.4. The van der Waals surface area contributed by atoms with Gasteiger partial charge in [-0.15, -0.1) is 22.6 Å². The number of benzene rings is 2. The number of para-hydroxylation sites is 1. The van der Waals surface area contributed by atoms with E-state index in [2.05, 4.69) is 26.6 Å². The molecule has 31 heavy (non-hydrogen) atoms. The Labute approximate surface area is 190 Å². The Balaban J connectivity index is 0.00000272. The largest absolute Gasteiger partial charge is 0.414 e. The molecule has 0 aliphatic carbocycles. The van der Waals surface area contributed by atoms with E-state index in [1.165, 1.54) is 11.8 Å². The van der Waals surface area contributed by atoms with Crippen LogP contribution in [0.15, 0.2) is 58.3 Å². The van der Waals surface area contributed by atoms with Gasteiger partial charge in [0.15, 0.2) is 0 Å². The van der Waals surface area contributed by atoms with E-state index >= 15 is 0 Å². The maximum atomic E-state index is 12.2. The van der Waals surface area contributed by atoms with Gasteiger partial charge in [0, 0.05) is 22.8 Å². The van der Waals surface area contributed by atoms with Crippen LogP contribution in [0, 0.1) is 13.8 Å². The van der Waals surface area contributed by atoms with E-state index in [4.69, 9.17) is 10.2 Å². The molecule has 0 aliphatic rings. The van der Waals surface area contributed by atoms with Gasteiger partial charge < -0.3 is 20.5 Å². The number of nitrogens with two attached hydrogens (primary N) is 1. The first-order valence-electron chi connectivity index (χ1n) is 9.63. The maximum absolute atomic E-state index is 12.2. The Kier molecular flexibility index (Phi) is 7.37. The third-order valence-corrected chi connectivity index (χ3v) is 5.66. The summed E-state index contributed by atoms with van der Waals surface area (Å²) in [6.45, 7) is 3.99. The summed E-state index contributed by atoms with van der Waals surface area (Å²) in [6.07, 6.45) is 2.53. The molecule has 0 aliphatic heterocycles. The summed E-state index contributed by atoms with van der Waals surface area (Å²) in [4.78, 5) is 15.5. The summed E-state index contributed by atoms with van der Waals surface area (Å²) in [5.41, 5.74) is 11.4. The van der Waals surface area contributed by atoms with Gasteiger partial charge in [0.2, 0.25) is 11.8 Å². The lowest BCUT2D eigenvalue weighted by molar-refractivity contribution is -0.113. The number of carbonyl (C=O) groups excluding carboxylic acids is 1. The number of amides is 1. The smallest absolute Gasteiger partial charge is 0.277 e. The number of aryl methyl sites for hydroxylation is 2. The number of anilines is 1. The molecular formula is C22H24ClN5O2S. The van der Waals surface area contributed by atoms with Gasteiger partial charge in [-0.25, -0.2) is 0 Å². The lowest BCUT2D eigenvalue weighted by Gasteiger charge is -2.08. The second kappa shape index (κ2) is 10.00. The number of hydrogen-bond acceptors (Lipinski definition) is 6. The fourth-order valence-electron chi connectivity index (χ4n) is 3.32. The molecule has 4 N–H and O–H groups in total. The molecule has 0 unspecified atom stereocenters. The number of aromatic amines is 1. The van der Waals surface area contributed by atoms with Gasteiger partial charge in [-0.1, -0.05) is 47.7 Å². The highest BCUT2D eigenvalue weighted by atomic mass is 35.5. The van der Waals surface area contributed by atoms with Crippen molar-refractivity contribution in [2.75, 3.05) is 11.1 Å². The van der Waals surface area contributed by atoms with Crippen LogP contribution >= 0.6 is 24.2 Å². The van der Waals surface area contributed by atoms with Crippen molar-refractivity contribution in [1.29, 1.82) is 0 Å². The third-order valence-electron chi connectivity index (χ3n) is 4.84. The highest BCUT2D eigenvalue weighted by Gasteiger charge is 2.18. The highest BCUT2D eigenvalue weighted by Crippen LogP contribution is 2.25. The number of fused-ring (bicyclic) bond motifs is 1. The van der Waals surface area contributed by atoms with E-state index in [0.29, 0.717) is 17.5 Å². The van der Waals surface area contributed by atoms with Crippen LogP contribution in [0.25, 0.3) is 10.9 Å². The van der Waals surface area contributed by atoms with Crippen LogP contribution < -0.4 is 11.1 Å². The van der Waals surface area contributed by atoms with Crippen molar-refractivity contribution >= 4 is 46.7 Å². The van der Waals surface area contributed by atoms with E-state index in [1.807, 2.05) is 56.4 Å². The number of halogens is 1. The molecule has 2 aromatic heterocycles. The fourth-order valence-corrected chi connectivity index (χ4v) is 3.89. The Morgan fingerprint density at radius 1 is 1.23 bits per heavy atom. The maximum Gasteiger partial charge on any atom is 0.277 e. The summed E-state index contributed by atoms with van der Waals surface area (Å²) < 4.78 is 5.67. The molecule has 2 aromatic carbocycles. The topological polar surface area (TPSA) is 110 Å². The summed E-state index contributed by atoms with van der Waals surface area (Å²) in [6, 6.07) is 13.5. The molecular weight excluding hydrogens is 434 g/mol. The average Bonchev–Trinajstić information content (AvgIpc) is 3.36. The highest BCUT2D eigenvalue weighted by molar-refractivity contribution is 7.99. The van der Waals surface area contributed by atoms with Crippen LogP contribution in [-0.2, 0) is 11.2 Å². The van der Waals surface area contributed by atoms with Gasteiger partial charge in [-0.3, -0.25) is 4.79 Å². The predicted molar refractivity (Wildman–Crippen MR) is 126 cm³/mol. The van der Waals surface area contributed by atoms with Crippen molar-refractivity contribution in [2.45, 2.75) is 31.5 Å². The minimum atomic E-state index is -0.421. The Morgan fingerprint density at radius 2 is 2.03 bits per heavy atom. The second-order valence-electron chi connectivity index (χ2n) is 7.23. The van der Waals surface area contributed by atoms with Gasteiger partial charge in [0.25, 0.3) is 5.22 Å².